The summed E-state index contributed by atoms with van der Waals surface area (Å²) in [5.41, 5.74) is 8.13. The number of pyridine rings is 1. The molecule has 0 bridgehead atoms. The van der Waals surface area contributed by atoms with Crippen LogP contribution in [0.4, 0.5) is 16.3 Å². The third kappa shape index (κ3) is 5.94. The van der Waals surface area contributed by atoms with Gasteiger partial charge in [0.05, 0.1) is 11.9 Å². The Kier molecular flexibility index (Phi) is 6.07. The molecule has 142 valence electrons. The molecule has 0 aliphatic rings. The Morgan fingerprint density at radius 2 is 2.08 bits per heavy atom. The van der Waals surface area contributed by atoms with Gasteiger partial charge < -0.3 is 21.1 Å². The standard InChI is InChI=1S/C18H28N6O2/c1-12(23-17(25)26-18(2,3)4)6-7-20-15-8-13(9-21-16(15)19)14-10-22-24(5)11-14/h8-12,20H,6-7H2,1-5H3,(H2,19,21)(H,23,25)/t12-/m0/s1. The van der Waals surface area contributed by atoms with Crippen molar-refractivity contribution in [1.82, 2.24) is 20.1 Å². The number of aryl methyl sites for hydroxylation is 1. The van der Waals surface area contributed by atoms with E-state index in [4.69, 9.17) is 10.5 Å². The Hall–Kier alpha value is -2.77. The van der Waals surface area contributed by atoms with Crippen molar-refractivity contribution in [2.75, 3.05) is 17.6 Å². The number of nitrogens with zero attached hydrogens (tertiary/aromatic N) is 3. The molecule has 8 nitrogen and oxygen atoms in total. The van der Waals surface area contributed by atoms with Gasteiger partial charge in [0.1, 0.15) is 11.4 Å². The third-order valence-electron chi connectivity index (χ3n) is 3.61. The highest BCUT2D eigenvalue weighted by Gasteiger charge is 2.17. The van der Waals surface area contributed by atoms with Crippen LogP contribution in [0.15, 0.2) is 24.7 Å². The molecule has 2 heterocycles. The SMILES string of the molecule is C[C@@H](CCNc1cc(-c2cnn(C)c2)cnc1N)NC(=O)OC(C)(C)C. The number of ether oxygens (including phenoxy) is 1. The minimum absolute atomic E-state index is 0.0342. The van der Waals surface area contributed by atoms with E-state index in [0.29, 0.717) is 12.4 Å². The first-order valence-corrected chi connectivity index (χ1v) is 8.62. The second kappa shape index (κ2) is 8.07. The Morgan fingerprint density at radius 3 is 2.69 bits per heavy atom. The summed E-state index contributed by atoms with van der Waals surface area (Å²) < 4.78 is 6.99. The van der Waals surface area contributed by atoms with E-state index in [2.05, 4.69) is 20.7 Å². The summed E-state index contributed by atoms with van der Waals surface area (Å²) in [5, 5.41) is 10.3. The molecule has 0 aliphatic carbocycles. The van der Waals surface area contributed by atoms with E-state index in [-0.39, 0.29) is 6.04 Å². The Balaban J connectivity index is 1.88. The lowest BCUT2D eigenvalue weighted by molar-refractivity contribution is 0.0507. The molecule has 0 saturated heterocycles. The fraction of sp³-hybridized carbons (Fsp3) is 0.500. The highest BCUT2D eigenvalue weighted by Crippen LogP contribution is 2.24. The molecule has 0 fully saturated rings. The lowest BCUT2D eigenvalue weighted by Crippen LogP contribution is -2.38. The highest BCUT2D eigenvalue weighted by atomic mass is 16.6. The van der Waals surface area contributed by atoms with E-state index in [9.17, 15) is 4.79 Å². The van der Waals surface area contributed by atoms with Crippen LogP contribution in [0.5, 0.6) is 0 Å². The molecule has 0 saturated carbocycles. The molecule has 1 atom stereocenters. The van der Waals surface area contributed by atoms with E-state index in [0.717, 1.165) is 23.2 Å². The van der Waals surface area contributed by atoms with Crippen LogP contribution in [0.25, 0.3) is 11.1 Å². The Morgan fingerprint density at radius 1 is 1.35 bits per heavy atom. The van der Waals surface area contributed by atoms with Crippen LogP contribution in [0, 0.1) is 0 Å². The van der Waals surface area contributed by atoms with Gasteiger partial charge in [-0.3, -0.25) is 4.68 Å². The molecule has 26 heavy (non-hydrogen) atoms. The fourth-order valence-electron chi connectivity index (χ4n) is 2.35. The van der Waals surface area contributed by atoms with Crippen LogP contribution >= 0.6 is 0 Å². The zero-order chi connectivity index (χ0) is 19.3. The predicted molar refractivity (Wildman–Crippen MR) is 103 cm³/mol. The van der Waals surface area contributed by atoms with Gasteiger partial charge in [-0.15, -0.1) is 0 Å². The molecule has 0 aromatic carbocycles. The van der Waals surface area contributed by atoms with Crippen molar-refractivity contribution >= 4 is 17.6 Å². The molecule has 0 radical (unpaired) electrons. The lowest BCUT2D eigenvalue weighted by atomic mass is 10.1. The van der Waals surface area contributed by atoms with Gasteiger partial charge >= 0.3 is 6.09 Å². The Bertz CT molecular complexity index is 750. The van der Waals surface area contributed by atoms with Crippen molar-refractivity contribution in [2.24, 2.45) is 7.05 Å². The fourth-order valence-corrected chi connectivity index (χ4v) is 2.35. The minimum Gasteiger partial charge on any atom is -0.444 e. The van der Waals surface area contributed by atoms with Gasteiger partial charge in [0.25, 0.3) is 0 Å². The molecule has 0 spiro atoms. The molecular weight excluding hydrogens is 332 g/mol. The van der Waals surface area contributed by atoms with Gasteiger partial charge in [-0.25, -0.2) is 9.78 Å². The van der Waals surface area contributed by atoms with Crippen molar-refractivity contribution in [2.45, 2.75) is 45.8 Å². The number of rotatable bonds is 6. The molecule has 1 amide bonds. The number of carbonyl (C=O) groups is 1. The monoisotopic (exact) mass is 360 g/mol. The summed E-state index contributed by atoms with van der Waals surface area (Å²) in [7, 11) is 1.87. The van der Waals surface area contributed by atoms with Gasteiger partial charge in [0, 0.05) is 43.2 Å². The van der Waals surface area contributed by atoms with Crippen molar-refractivity contribution in [3.8, 4) is 11.1 Å². The van der Waals surface area contributed by atoms with Crippen LogP contribution in [-0.4, -0.2) is 39.0 Å². The molecule has 0 unspecified atom stereocenters. The molecule has 2 aromatic heterocycles. The average molecular weight is 360 g/mol. The summed E-state index contributed by atoms with van der Waals surface area (Å²) in [5.74, 6) is 0.436. The first kappa shape index (κ1) is 19.6. The van der Waals surface area contributed by atoms with Crippen molar-refractivity contribution < 1.29 is 9.53 Å². The van der Waals surface area contributed by atoms with Crippen molar-refractivity contribution in [1.29, 1.82) is 0 Å². The van der Waals surface area contributed by atoms with E-state index in [1.54, 1.807) is 17.1 Å². The summed E-state index contributed by atoms with van der Waals surface area (Å²) >= 11 is 0. The molecule has 8 heteroatoms. The van der Waals surface area contributed by atoms with Gasteiger partial charge in [0.15, 0.2) is 0 Å². The highest BCUT2D eigenvalue weighted by molar-refractivity contribution is 5.72. The van der Waals surface area contributed by atoms with Crippen LogP contribution in [0.3, 0.4) is 0 Å². The summed E-state index contributed by atoms with van der Waals surface area (Å²) in [6.07, 6.45) is 5.73. The van der Waals surface area contributed by atoms with Crippen LogP contribution < -0.4 is 16.4 Å². The second-order valence-corrected chi connectivity index (χ2v) is 7.32. The number of alkyl carbamates (subject to hydrolysis) is 1. The Labute approximate surface area is 154 Å². The van der Waals surface area contributed by atoms with Gasteiger partial charge in [-0.1, -0.05) is 0 Å². The third-order valence-corrected chi connectivity index (χ3v) is 3.61. The maximum absolute atomic E-state index is 11.8. The van der Waals surface area contributed by atoms with E-state index < -0.39 is 11.7 Å². The van der Waals surface area contributed by atoms with Crippen LogP contribution in [0.2, 0.25) is 0 Å². The quantitative estimate of drug-likeness (QED) is 0.731. The van der Waals surface area contributed by atoms with E-state index in [1.165, 1.54) is 0 Å². The smallest absolute Gasteiger partial charge is 0.407 e. The van der Waals surface area contributed by atoms with Gasteiger partial charge in [-0.05, 0) is 40.2 Å². The number of hydrogen-bond acceptors (Lipinski definition) is 6. The largest absolute Gasteiger partial charge is 0.444 e. The van der Waals surface area contributed by atoms with Gasteiger partial charge in [-0.2, -0.15) is 5.10 Å². The van der Waals surface area contributed by atoms with Crippen molar-refractivity contribution in [3.05, 3.63) is 24.7 Å². The summed E-state index contributed by atoms with van der Waals surface area (Å²) in [4.78, 5) is 16.0. The number of aromatic nitrogens is 3. The molecule has 2 rings (SSSR count). The maximum atomic E-state index is 11.8. The number of nitrogens with one attached hydrogen (secondary N) is 2. The topological polar surface area (TPSA) is 107 Å². The first-order valence-electron chi connectivity index (χ1n) is 8.62. The predicted octanol–water partition coefficient (Wildman–Crippen LogP) is 2.78. The molecular formula is C18H28N6O2. The number of hydrogen-bond donors (Lipinski definition) is 3. The molecule has 0 aliphatic heterocycles. The zero-order valence-corrected chi connectivity index (χ0v) is 16.0. The average Bonchev–Trinajstić information content (AvgIpc) is 2.93. The van der Waals surface area contributed by atoms with Crippen molar-refractivity contribution in [3.63, 3.8) is 0 Å². The zero-order valence-electron chi connectivity index (χ0n) is 16.0. The second-order valence-electron chi connectivity index (χ2n) is 7.32. The number of carbonyl (C=O) groups excluding carboxylic acids is 1. The normalized spacial score (nSPS) is 12.5. The number of nitrogens with two attached hydrogens (primary N) is 1. The van der Waals surface area contributed by atoms with Gasteiger partial charge in [0.2, 0.25) is 0 Å². The summed E-state index contributed by atoms with van der Waals surface area (Å²) in [6, 6.07) is 1.92. The number of amides is 1. The van der Waals surface area contributed by atoms with Crippen LogP contribution in [0.1, 0.15) is 34.1 Å². The van der Waals surface area contributed by atoms with Crippen LogP contribution in [-0.2, 0) is 11.8 Å². The maximum Gasteiger partial charge on any atom is 0.407 e. The molecule has 2 aromatic rings. The minimum atomic E-state index is -0.505. The van der Waals surface area contributed by atoms with E-state index >= 15 is 0 Å². The van der Waals surface area contributed by atoms with E-state index in [1.807, 2.05) is 47.0 Å². The molecule has 4 N–H and O–H groups in total. The lowest BCUT2D eigenvalue weighted by Gasteiger charge is -2.22. The summed E-state index contributed by atoms with van der Waals surface area (Å²) in [6.45, 7) is 8.08. The number of nitrogen functional groups attached to an aromatic ring is 1. The first-order chi connectivity index (χ1) is 12.1. The number of anilines is 2.